The lowest BCUT2D eigenvalue weighted by molar-refractivity contribution is 0.0973. The van der Waals surface area contributed by atoms with Gasteiger partial charge in [-0.2, -0.15) is 0 Å². The molecule has 4 fully saturated rings. The number of halogens is 1. The van der Waals surface area contributed by atoms with Gasteiger partial charge in [0.1, 0.15) is 0 Å². The first-order valence-electron chi connectivity index (χ1n) is 8.86. The molecule has 4 heterocycles. The molecule has 3 aliphatic heterocycles. The molecule has 2 aromatic rings. The minimum absolute atomic E-state index is 0.494. The van der Waals surface area contributed by atoms with Gasteiger partial charge in [0, 0.05) is 23.2 Å². The van der Waals surface area contributed by atoms with Crippen LogP contribution in [0.15, 0.2) is 16.7 Å². The van der Waals surface area contributed by atoms with Crippen molar-refractivity contribution in [1.82, 2.24) is 10.1 Å². The van der Waals surface area contributed by atoms with E-state index in [4.69, 9.17) is 16.1 Å². The third-order valence-corrected chi connectivity index (χ3v) is 6.45. The number of hydrogen-bond donors (Lipinski definition) is 1. The van der Waals surface area contributed by atoms with Gasteiger partial charge in [0.2, 0.25) is 0 Å². The molecule has 23 heavy (non-hydrogen) atoms. The van der Waals surface area contributed by atoms with E-state index in [1.165, 1.54) is 50.8 Å². The topological polar surface area (TPSA) is 41.3 Å². The molecule has 1 saturated carbocycles. The third kappa shape index (κ3) is 2.26. The average molecular weight is 332 g/mol. The number of piperidine rings is 3. The number of rotatable bonds is 3. The summed E-state index contributed by atoms with van der Waals surface area (Å²) in [4.78, 5) is 2.55. The van der Waals surface area contributed by atoms with Crippen LogP contribution < -0.4 is 5.32 Å². The van der Waals surface area contributed by atoms with Gasteiger partial charge in [0.05, 0.1) is 5.39 Å². The third-order valence-electron chi connectivity index (χ3n) is 6.12. The Balaban J connectivity index is 1.48. The zero-order valence-corrected chi connectivity index (χ0v) is 14.0. The summed E-state index contributed by atoms with van der Waals surface area (Å²) in [6.07, 6.45) is 6.30. The fourth-order valence-corrected chi connectivity index (χ4v) is 4.79. The number of nitrogens with zero attached hydrogens (tertiary/aromatic N) is 2. The Morgan fingerprint density at radius 2 is 2.00 bits per heavy atom. The number of anilines is 1. The van der Waals surface area contributed by atoms with Gasteiger partial charge in [-0.3, -0.25) is 0 Å². The second kappa shape index (κ2) is 5.38. The molecule has 1 aromatic carbocycles. The van der Waals surface area contributed by atoms with Crippen molar-refractivity contribution in [1.29, 1.82) is 0 Å². The Labute approximate surface area is 141 Å². The second-order valence-electron chi connectivity index (χ2n) is 7.39. The van der Waals surface area contributed by atoms with Crippen LogP contribution in [-0.4, -0.2) is 35.7 Å². The summed E-state index contributed by atoms with van der Waals surface area (Å²) < 4.78 is 5.73. The zero-order valence-electron chi connectivity index (χ0n) is 13.2. The highest BCUT2D eigenvalue weighted by Gasteiger charge is 2.35. The highest BCUT2D eigenvalue weighted by atomic mass is 35.5. The molecule has 4 aliphatic rings. The Kier molecular flexibility index (Phi) is 3.30. The van der Waals surface area contributed by atoms with Gasteiger partial charge >= 0.3 is 0 Å². The van der Waals surface area contributed by atoms with Gasteiger partial charge in [0.15, 0.2) is 11.4 Å². The van der Waals surface area contributed by atoms with Crippen LogP contribution in [0.3, 0.4) is 0 Å². The van der Waals surface area contributed by atoms with E-state index in [-0.39, 0.29) is 0 Å². The molecule has 6 rings (SSSR count). The van der Waals surface area contributed by atoms with Gasteiger partial charge in [-0.25, -0.2) is 0 Å². The average Bonchev–Trinajstić information content (AvgIpc) is 2.92. The predicted molar refractivity (Wildman–Crippen MR) is 92.2 cm³/mol. The first-order valence-corrected chi connectivity index (χ1v) is 9.24. The van der Waals surface area contributed by atoms with Gasteiger partial charge < -0.3 is 14.7 Å². The highest BCUT2D eigenvalue weighted by Crippen LogP contribution is 2.44. The molecule has 1 atom stereocenters. The molecule has 5 heteroatoms. The molecule has 0 radical (unpaired) electrons. The lowest BCUT2D eigenvalue weighted by Crippen LogP contribution is -2.53. The maximum Gasteiger partial charge on any atom is 0.177 e. The number of fused-ring (bicyclic) bond motifs is 4. The number of aromatic nitrogens is 1. The molecule has 0 amide bonds. The minimum Gasteiger partial charge on any atom is -0.362 e. The molecule has 1 aliphatic carbocycles. The van der Waals surface area contributed by atoms with Crippen molar-refractivity contribution >= 4 is 28.4 Å². The van der Waals surface area contributed by atoms with Crippen LogP contribution in [0.5, 0.6) is 0 Å². The summed E-state index contributed by atoms with van der Waals surface area (Å²) in [5, 5.41) is 9.94. The van der Waals surface area contributed by atoms with E-state index in [0.717, 1.165) is 34.3 Å². The van der Waals surface area contributed by atoms with Gasteiger partial charge in [-0.1, -0.05) is 23.2 Å². The standard InChI is InChI=1S/C18H22ClN3O/c19-14-5-4-13-17(16(14)12-2-1-3-12)23-21-18(13)20-15-10-22-8-6-11(15)7-9-22/h4-5,11-12,15H,1-3,6-10H2,(H,20,21). The number of nitrogens with one attached hydrogen (secondary N) is 1. The fraction of sp³-hybridized carbons (Fsp3) is 0.611. The van der Waals surface area contributed by atoms with Crippen LogP contribution in [0.25, 0.3) is 11.0 Å². The summed E-state index contributed by atoms with van der Waals surface area (Å²) in [6.45, 7) is 3.63. The second-order valence-corrected chi connectivity index (χ2v) is 7.79. The van der Waals surface area contributed by atoms with E-state index in [1.807, 2.05) is 6.07 Å². The van der Waals surface area contributed by atoms with Crippen molar-refractivity contribution in [2.24, 2.45) is 5.92 Å². The van der Waals surface area contributed by atoms with Gasteiger partial charge in [-0.05, 0) is 62.7 Å². The molecule has 122 valence electrons. The maximum absolute atomic E-state index is 6.45. The van der Waals surface area contributed by atoms with Crippen molar-refractivity contribution < 1.29 is 4.52 Å². The monoisotopic (exact) mass is 331 g/mol. The summed E-state index contributed by atoms with van der Waals surface area (Å²) in [7, 11) is 0. The van der Waals surface area contributed by atoms with Crippen LogP contribution in [0, 0.1) is 5.92 Å². The molecule has 4 nitrogen and oxygen atoms in total. The molecule has 1 N–H and O–H groups in total. The van der Waals surface area contributed by atoms with E-state index >= 15 is 0 Å². The highest BCUT2D eigenvalue weighted by molar-refractivity contribution is 6.32. The fourth-order valence-electron chi connectivity index (χ4n) is 4.49. The predicted octanol–water partition coefficient (Wildman–Crippen LogP) is 4.25. The summed E-state index contributed by atoms with van der Waals surface area (Å²) in [5.74, 6) is 2.21. The van der Waals surface area contributed by atoms with Gasteiger partial charge in [-0.15, -0.1) is 0 Å². The number of hydrogen-bond acceptors (Lipinski definition) is 4. The maximum atomic E-state index is 6.45. The Morgan fingerprint density at radius 3 is 2.65 bits per heavy atom. The molecule has 1 aromatic heterocycles. The first-order chi connectivity index (χ1) is 11.3. The smallest absolute Gasteiger partial charge is 0.177 e. The SMILES string of the molecule is Clc1ccc2c(NC3CN4CCC3CC4)noc2c1C1CCC1. The zero-order chi connectivity index (χ0) is 15.4. The van der Waals surface area contributed by atoms with Crippen molar-refractivity contribution in [3.8, 4) is 0 Å². The quantitative estimate of drug-likeness (QED) is 0.912. The van der Waals surface area contributed by atoms with Crippen molar-refractivity contribution in [2.75, 3.05) is 25.0 Å². The summed E-state index contributed by atoms with van der Waals surface area (Å²) >= 11 is 6.45. The lowest BCUT2D eigenvalue weighted by Gasteiger charge is -2.44. The van der Waals surface area contributed by atoms with Crippen molar-refractivity contribution in [3.05, 3.63) is 22.7 Å². The van der Waals surface area contributed by atoms with Crippen LogP contribution in [0.2, 0.25) is 5.02 Å². The van der Waals surface area contributed by atoms with E-state index in [2.05, 4.69) is 21.4 Å². The molecule has 2 bridgehead atoms. The van der Waals surface area contributed by atoms with Crippen LogP contribution in [-0.2, 0) is 0 Å². The van der Waals surface area contributed by atoms with Crippen LogP contribution in [0.1, 0.15) is 43.6 Å². The minimum atomic E-state index is 0.494. The number of benzene rings is 1. The Hall–Kier alpha value is -1.26. The molecule has 0 spiro atoms. The summed E-state index contributed by atoms with van der Waals surface area (Å²) in [6, 6.07) is 4.56. The first kappa shape index (κ1) is 14.1. The van der Waals surface area contributed by atoms with Crippen LogP contribution >= 0.6 is 11.6 Å². The molecule has 3 saturated heterocycles. The molecular weight excluding hydrogens is 310 g/mol. The van der Waals surface area contributed by atoms with Crippen molar-refractivity contribution in [2.45, 2.75) is 44.1 Å². The molecular formula is C18H22ClN3O. The van der Waals surface area contributed by atoms with Crippen molar-refractivity contribution in [3.63, 3.8) is 0 Å². The van der Waals surface area contributed by atoms with E-state index < -0.39 is 0 Å². The normalized spacial score (nSPS) is 30.6. The summed E-state index contributed by atoms with van der Waals surface area (Å²) in [5.41, 5.74) is 2.07. The largest absolute Gasteiger partial charge is 0.362 e. The van der Waals surface area contributed by atoms with Crippen LogP contribution in [0.4, 0.5) is 5.82 Å². The van der Waals surface area contributed by atoms with Gasteiger partial charge in [0.25, 0.3) is 0 Å². The van der Waals surface area contributed by atoms with E-state index in [0.29, 0.717) is 12.0 Å². The van der Waals surface area contributed by atoms with E-state index in [1.54, 1.807) is 0 Å². The molecule has 1 unspecified atom stereocenters. The van der Waals surface area contributed by atoms with E-state index in [9.17, 15) is 0 Å². The Bertz CT molecular complexity index is 731. The Morgan fingerprint density at radius 1 is 1.17 bits per heavy atom. The lowest BCUT2D eigenvalue weighted by atomic mass is 9.79.